The van der Waals surface area contributed by atoms with Gasteiger partial charge in [0, 0.05) is 0 Å². The molecule has 1 aliphatic heterocycles. The number of fused-ring (bicyclic) bond motifs is 1. The molecule has 2 unspecified atom stereocenters. The van der Waals surface area contributed by atoms with Crippen molar-refractivity contribution in [2.24, 2.45) is 5.92 Å². The number of aliphatic hydroxyl groups excluding tert-OH is 1. The molecular weight excluding hydrogens is 461 g/mol. The molecule has 0 spiro atoms. The summed E-state index contributed by atoms with van der Waals surface area (Å²) in [5.74, 6) is 0.387. The molecule has 2 heterocycles. The van der Waals surface area contributed by atoms with Crippen molar-refractivity contribution in [3.8, 4) is 0 Å². The molecule has 182 valence electrons. The summed E-state index contributed by atoms with van der Waals surface area (Å²) in [5, 5.41) is 9.23. The predicted molar refractivity (Wildman–Crippen MR) is 140 cm³/mol. The molecule has 2 aromatic carbocycles. The van der Waals surface area contributed by atoms with Crippen molar-refractivity contribution in [1.29, 1.82) is 0 Å². The molecule has 1 saturated heterocycles. The molecule has 1 aromatic heterocycles. The van der Waals surface area contributed by atoms with Gasteiger partial charge in [-0.2, -0.15) is 0 Å². The van der Waals surface area contributed by atoms with Gasteiger partial charge in [0.1, 0.15) is 10.8 Å². The highest BCUT2D eigenvalue weighted by Crippen LogP contribution is 2.52. The summed E-state index contributed by atoms with van der Waals surface area (Å²) < 4.78 is 19.7. The topological polar surface area (TPSA) is 64.7 Å². The molecule has 5 rings (SSSR count). The molecule has 2 atom stereocenters. The normalized spacial score (nSPS) is 25.3. The van der Waals surface area contributed by atoms with Crippen molar-refractivity contribution in [3.63, 3.8) is 0 Å². The van der Waals surface area contributed by atoms with Gasteiger partial charge in [-0.1, -0.05) is 61.0 Å². The summed E-state index contributed by atoms with van der Waals surface area (Å²) in [6, 6.07) is 11.9. The van der Waals surface area contributed by atoms with E-state index < -0.39 is 23.6 Å². The number of benzene rings is 2. The van der Waals surface area contributed by atoms with Crippen LogP contribution in [0.2, 0.25) is 5.02 Å². The van der Waals surface area contributed by atoms with E-state index in [0.717, 1.165) is 5.57 Å². The average molecular weight is 492 g/mol. The second-order valence-corrected chi connectivity index (χ2v) is 11.0. The van der Waals surface area contributed by atoms with E-state index in [-0.39, 0.29) is 12.5 Å². The van der Waals surface area contributed by atoms with Crippen molar-refractivity contribution >= 4 is 35.4 Å². The number of oxazole rings is 1. The van der Waals surface area contributed by atoms with Crippen molar-refractivity contribution in [2.45, 2.75) is 64.7 Å². The van der Waals surface area contributed by atoms with Crippen LogP contribution >= 0.6 is 11.6 Å². The second kappa shape index (κ2) is 8.34. The minimum absolute atomic E-state index is 0.0903. The Hall–Kier alpha value is -2.38. The third kappa shape index (κ3) is 3.70. The summed E-state index contributed by atoms with van der Waals surface area (Å²) in [7, 11) is -0.643. The summed E-state index contributed by atoms with van der Waals surface area (Å²) in [4.78, 5) is 4.92. The van der Waals surface area contributed by atoms with E-state index >= 15 is 0 Å². The first kappa shape index (κ1) is 24.3. The molecule has 1 aliphatic carbocycles. The van der Waals surface area contributed by atoms with Gasteiger partial charge in [-0.15, -0.1) is 0 Å². The van der Waals surface area contributed by atoms with E-state index in [2.05, 4.69) is 44.2 Å². The first-order chi connectivity index (χ1) is 16.5. The molecule has 3 aromatic rings. The number of hydrogen-bond acceptors (Lipinski definition) is 5. The van der Waals surface area contributed by atoms with Crippen LogP contribution in [-0.2, 0) is 21.2 Å². The standard InChI is InChI=1S/C28H31BClNO4/c1-17-10-7-8-11-20(17)21-12-9-13-28(18(21)2,29-34-26(3,4)27(5,6)35-29)25-31-23-15-19(16-32)14-22(30)24(23)33-25/h7-15,18,32H,16H2,1-6H3. The van der Waals surface area contributed by atoms with Crippen molar-refractivity contribution in [3.05, 3.63) is 82.2 Å². The summed E-state index contributed by atoms with van der Waals surface area (Å²) >= 11 is 6.53. The molecule has 2 aliphatic rings. The van der Waals surface area contributed by atoms with Crippen LogP contribution in [0.1, 0.15) is 57.2 Å². The Labute approximate surface area is 211 Å². The fourth-order valence-corrected chi connectivity index (χ4v) is 5.35. The Morgan fingerprint density at radius 1 is 1.09 bits per heavy atom. The molecule has 5 nitrogen and oxygen atoms in total. The largest absolute Gasteiger partial charge is 0.478 e. The first-order valence-electron chi connectivity index (χ1n) is 12.0. The lowest BCUT2D eigenvalue weighted by atomic mass is 9.48. The van der Waals surface area contributed by atoms with Gasteiger partial charge in [0.05, 0.1) is 22.8 Å². The second-order valence-electron chi connectivity index (χ2n) is 10.6. The number of aryl methyl sites for hydroxylation is 1. The Kier molecular flexibility index (Phi) is 5.80. The Morgan fingerprint density at radius 2 is 1.77 bits per heavy atom. The summed E-state index contributed by atoms with van der Waals surface area (Å²) in [5.41, 5.74) is 4.22. The van der Waals surface area contributed by atoms with Crippen LogP contribution < -0.4 is 0 Å². The van der Waals surface area contributed by atoms with E-state index in [4.69, 9.17) is 30.3 Å². The maximum Gasteiger partial charge on any atom is 0.478 e. The summed E-state index contributed by atoms with van der Waals surface area (Å²) in [6.07, 6.45) is 6.28. The molecule has 1 fully saturated rings. The molecule has 0 bridgehead atoms. The fraction of sp³-hybridized carbons (Fsp3) is 0.393. The smallest absolute Gasteiger partial charge is 0.439 e. The van der Waals surface area contributed by atoms with Crippen LogP contribution in [0.4, 0.5) is 0 Å². The van der Waals surface area contributed by atoms with Gasteiger partial charge in [0.2, 0.25) is 5.89 Å². The van der Waals surface area contributed by atoms with Crippen LogP contribution in [-0.4, -0.2) is 28.4 Å². The van der Waals surface area contributed by atoms with Crippen molar-refractivity contribution in [2.75, 3.05) is 0 Å². The molecule has 0 amide bonds. The van der Waals surface area contributed by atoms with Gasteiger partial charge in [0.15, 0.2) is 5.58 Å². The number of aliphatic hydroxyl groups is 1. The third-order valence-corrected chi connectivity index (χ3v) is 8.27. The summed E-state index contributed by atoms with van der Waals surface area (Å²) in [6.45, 7) is 12.4. The number of hydrogen-bond donors (Lipinski definition) is 1. The van der Waals surface area contributed by atoms with E-state index in [1.807, 2.05) is 39.8 Å². The molecular formula is C28H31BClNO4. The lowest BCUT2D eigenvalue weighted by molar-refractivity contribution is 0.00578. The maximum atomic E-state index is 9.67. The first-order valence-corrected chi connectivity index (χ1v) is 12.4. The Morgan fingerprint density at radius 3 is 2.43 bits per heavy atom. The zero-order valence-electron chi connectivity index (χ0n) is 21.1. The molecule has 35 heavy (non-hydrogen) atoms. The van der Waals surface area contributed by atoms with Crippen LogP contribution in [0.3, 0.4) is 0 Å². The maximum absolute atomic E-state index is 9.67. The van der Waals surface area contributed by atoms with Crippen molar-refractivity contribution < 1.29 is 18.8 Å². The minimum Gasteiger partial charge on any atom is -0.439 e. The zero-order valence-corrected chi connectivity index (χ0v) is 21.8. The predicted octanol–water partition coefficient (Wildman–Crippen LogP) is 6.44. The van der Waals surface area contributed by atoms with Crippen LogP contribution in [0.25, 0.3) is 16.7 Å². The number of halogens is 1. The SMILES string of the molecule is Cc1ccccc1C1=CC=CC(B2OC(C)(C)C(C)(C)O2)(c2nc3cc(CO)cc(Cl)c3o2)C1C. The van der Waals surface area contributed by atoms with E-state index in [1.165, 1.54) is 11.1 Å². The lowest BCUT2D eigenvalue weighted by Crippen LogP contribution is -2.50. The lowest BCUT2D eigenvalue weighted by Gasteiger charge is -2.39. The van der Waals surface area contributed by atoms with E-state index in [1.54, 1.807) is 12.1 Å². The van der Waals surface area contributed by atoms with Gasteiger partial charge >= 0.3 is 7.12 Å². The van der Waals surface area contributed by atoms with Gasteiger partial charge < -0.3 is 18.8 Å². The third-order valence-electron chi connectivity index (χ3n) is 7.99. The average Bonchev–Trinajstić information content (AvgIpc) is 3.33. The molecule has 7 heteroatoms. The van der Waals surface area contributed by atoms with E-state index in [9.17, 15) is 5.11 Å². The quantitative estimate of drug-likeness (QED) is 0.425. The van der Waals surface area contributed by atoms with Gasteiger partial charge in [-0.25, -0.2) is 4.98 Å². The van der Waals surface area contributed by atoms with Crippen LogP contribution in [0.15, 0.2) is 59.0 Å². The molecule has 0 radical (unpaired) electrons. The minimum atomic E-state index is -0.848. The number of nitrogens with zero attached hydrogens (tertiary/aromatic N) is 1. The van der Waals surface area contributed by atoms with Crippen molar-refractivity contribution in [1.82, 2.24) is 4.98 Å². The highest BCUT2D eigenvalue weighted by molar-refractivity contribution is 6.51. The van der Waals surface area contributed by atoms with Gasteiger partial charge in [-0.05, 0) is 74.9 Å². The highest BCUT2D eigenvalue weighted by atomic mass is 35.5. The van der Waals surface area contributed by atoms with Crippen LogP contribution in [0, 0.1) is 12.8 Å². The number of aromatic nitrogens is 1. The Balaban J connectivity index is 1.72. The Bertz CT molecular complexity index is 1340. The fourth-order valence-electron chi connectivity index (χ4n) is 5.08. The van der Waals surface area contributed by atoms with Crippen LogP contribution in [0.5, 0.6) is 0 Å². The van der Waals surface area contributed by atoms with E-state index in [0.29, 0.717) is 27.6 Å². The molecule has 1 N–H and O–H groups in total. The molecule has 0 saturated carbocycles. The number of allylic oxidation sites excluding steroid dienone is 4. The number of rotatable bonds is 4. The monoisotopic (exact) mass is 491 g/mol. The van der Waals surface area contributed by atoms with Gasteiger partial charge in [-0.3, -0.25) is 0 Å². The zero-order chi connectivity index (χ0) is 25.2. The highest BCUT2D eigenvalue weighted by Gasteiger charge is 2.64. The van der Waals surface area contributed by atoms with Gasteiger partial charge in [0.25, 0.3) is 0 Å².